The minimum Gasteiger partial charge on any atom is -0.459 e. The molecule has 0 radical (unpaired) electrons. The van der Waals surface area contributed by atoms with E-state index in [4.69, 9.17) is 4.42 Å². The number of anilines is 1. The number of furan rings is 1. The number of amides is 1. The van der Waals surface area contributed by atoms with Crippen LogP contribution >= 0.6 is 0 Å². The first kappa shape index (κ1) is 14.4. The van der Waals surface area contributed by atoms with E-state index >= 15 is 0 Å². The number of carbonyl (C=O) groups excluding carboxylic acids is 1. The lowest BCUT2D eigenvalue weighted by Crippen LogP contribution is -2.15. The first-order valence-electron chi connectivity index (χ1n) is 6.98. The van der Waals surface area contributed by atoms with Crippen LogP contribution in [0.5, 0.6) is 0 Å². The number of rotatable bonds is 4. The average Bonchev–Trinajstić information content (AvgIpc) is 2.92. The molecule has 0 aliphatic carbocycles. The van der Waals surface area contributed by atoms with Gasteiger partial charge in [-0.1, -0.05) is 45.9 Å². The molecule has 0 atom stereocenters. The number of hydrogen-bond acceptors (Lipinski definition) is 2. The van der Waals surface area contributed by atoms with E-state index in [0.717, 1.165) is 16.8 Å². The Hall–Kier alpha value is -2.03. The molecule has 1 amide bonds. The molecule has 20 heavy (non-hydrogen) atoms. The van der Waals surface area contributed by atoms with E-state index in [1.807, 2.05) is 6.07 Å². The molecule has 0 spiro atoms. The Morgan fingerprint density at radius 3 is 2.05 bits per heavy atom. The minimum atomic E-state index is -0.204. The lowest BCUT2D eigenvalue weighted by atomic mass is 9.92. The molecule has 0 fully saturated rings. The Kier molecular flexibility index (Phi) is 4.28. The second kappa shape index (κ2) is 5.95. The van der Waals surface area contributed by atoms with Crippen LogP contribution in [0.3, 0.4) is 0 Å². The van der Waals surface area contributed by atoms with E-state index in [1.54, 1.807) is 12.1 Å². The predicted octanol–water partition coefficient (Wildman–Crippen LogP) is 4.78. The van der Waals surface area contributed by atoms with Crippen molar-refractivity contribution >= 4 is 11.6 Å². The van der Waals surface area contributed by atoms with Gasteiger partial charge in [0.15, 0.2) is 5.76 Å². The Morgan fingerprint density at radius 2 is 1.60 bits per heavy atom. The Labute approximate surface area is 120 Å². The Morgan fingerprint density at radius 1 is 1.00 bits per heavy atom. The van der Waals surface area contributed by atoms with Crippen LogP contribution in [0, 0.1) is 0 Å². The van der Waals surface area contributed by atoms with E-state index in [9.17, 15) is 4.79 Å². The van der Waals surface area contributed by atoms with Gasteiger partial charge in [-0.3, -0.25) is 4.79 Å². The van der Waals surface area contributed by atoms with Crippen molar-refractivity contribution in [2.24, 2.45) is 0 Å². The van der Waals surface area contributed by atoms with Crippen LogP contribution in [0.1, 0.15) is 61.2 Å². The molecular weight excluding hydrogens is 250 g/mol. The minimum absolute atomic E-state index is 0.204. The Balaban J connectivity index is 2.40. The van der Waals surface area contributed by atoms with Gasteiger partial charge in [-0.15, -0.1) is 0 Å². The number of nitrogens with one attached hydrogen (secondary N) is 1. The van der Waals surface area contributed by atoms with Gasteiger partial charge in [0.05, 0.1) is 6.26 Å². The summed E-state index contributed by atoms with van der Waals surface area (Å²) in [4.78, 5) is 12.2. The fourth-order valence-electron chi connectivity index (χ4n) is 2.28. The van der Waals surface area contributed by atoms with Gasteiger partial charge in [0.1, 0.15) is 0 Å². The molecule has 0 aliphatic heterocycles. The lowest BCUT2D eigenvalue weighted by Gasteiger charge is -2.19. The predicted molar refractivity (Wildman–Crippen MR) is 81.3 cm³/mol. The second-order valence-electron chi connectivity index (χ2n) is 5.55. The third kappa shape index (κ3) is 2.93. The zero-order valence-electron chi connectivity index (χ0n) is 12.4. The van der Waals surface area contributed by atoms with Gasteiger partial charge in [0.2, 0.25) is 0 Å². The molecule has 3 heteroatoms. The fraction of sp³-hybridized carbons (Fsp3) is 0.353. The molecule has 0 unspecified atom stereocenters. The molecule has 106 valence electrons. The zero-order chi connectivity index (χ0) is 14.7. The standard InChI is InChI=1S/C17H21NO2/c1-11(2)13-7-5-8-14(12(3)4)16(13)18-17(19)15-9-6-10-20-15/h5-12H,1-4H3,(H,18,19). The highest BCUT2D eigenvalue weighted by atomic mass is 16.3. The molecule has 1 aromatic heterocycles. The normalized spacial score (nSPS) is 11.1. The summed E-state index contributed by atoms with van der Waals surface area (Å²) in [5.74, 6) is 0.824. The van der Waals surface area contributed by atoms with E-state index in [-0.39, 0.29) is 5.91 Å². The summed E-state index contributed by atoms with van der Waals surface area (Å²) < 4.78 is 5.16. The van der Waals surface area contributed by atoms with Crippen molar-refractivity contribution in [1.82, 2.24) is 0 Å². The maximum atomic E-state index is 12.2. The highest BCUT2D eigenvalue weighted by Gasteiger charge is 2.17. The summed E-state index contributed by atoms with van der Waals surface area (Å²) >= 11 is 0. The van der Waals surface area contributed by atoms with E-state index < -0.39 is 0 Å². The number of carbonyl (C=O) groups is 1. The van der Waals surface area contributed by atoms with Gasteiger partial charge < -0.3 is 9.73 Å². The van der Waals surface area contributed by atoms with E-state index in [2.05, 4.69) is 45.1 Å². The van der Waals surface area contributed by atoms with Crippen molar-refractivity contribution in [2.75, 3.05) is 5.32 Å². The number of benzene rings is 1. The molecule has 0 aliphatic rings. The molecule has 0 bridgehead atoms. The zero-order valence-corrected chi connectivity index (χ0v) is 12.4. The van der Waals surface area contributed by atoms with Crippen LogP contribution in [-0.4, -0.2) is 5.91 Å². The van der Waals surface area contributed by atoms with E-state index in [0.29, 0.717) is 17.6 Å². The highest BCUT2D eigenvalue weighted by Crippen LogP contribution is 2.32. The van der Waals surface area contributed by atoms with Crippen LogP contribution < -0.4 is 5.32 Å². The van der Waals surface area contributed by atoms with Gasteiger partial charge in [-0.05, 0) is 35.1 Å². The van der Waals surface area contributed by atoms with Gasteiger partial charge in [0, 0.05) is 5.69 Å². The van der Waals surface area contributed by atoms with Gasteiger partial charge >= 0.3 is 0 Å². The molecule has 2 rings (SSSR count). The van der Waals surface area contributed by atoms with Crippen molar-refractivity contribution < 1.29 is 9.21 Å². The molecule has 1 aromatic carbocycles. The van der Waals surface area contributed by atoms with Gasteiger partial charge in [-0.2, -0.15) is 0 Å². The van der Waals surface area contributed by atoms with Crippen LogP contribution in [0.15, 0.2) is 41.0 Å². The van der Waals surface area contributed by atoms with E-state index in [1.165, 1.54) is 6.26 Å². The third-order valence-corrected chi connectivity index (χ3v) is 3.36. The largest absolute Gasteiger partial charge is 0.459 e. The first-order chi connectivity index (χ1) is 9.50. The first-order valence-corrected chi connectivity index (χ1v) is 6.98. The van der Waals surface area contributed by atoms with Gasteiger partial charge in [-0.25, -0.2) is 0 Å². The summed E-state index contributed by atoms with van der Waals surface area (Å²) in [5.41, 5.74) is 3.21. The highest BCUT2D eigenvalue weighted by molar-refractivity contribution is 6.03. The van der Waals surface area contributed by atoms with Gasteiger partial charge in [0.25, 0.3) is 5.91 Å². The molecule has 1 N–H and O–H groups in total. The second-order valence-corrected chi connectivity index (χ2v) is 5.55. The summed E-state index contributed by atoms with van der Waals surface area (Å²) in [7, 11) is 0. The molecule has 0 saturated carbocycles. The maximum absolute atomic E-state index is 12.2. The van der Waals surface area contributed by atoms with Crippen molar-refractivity contribution in [3.8, 4) is 0 Å². The summed E-state index contributed by atoms with van der Waals surface area (Å²) in [6, 6.07) is 9.56. The smallest absolute Gasteiger partial charge is 0.291 e. The molecule has 2 aromatic rings. The topological polar surface area (TPSA) is 42.2 Å². The number of para-hydroxylation sites is 1. The maximum Gasteiger partial charge on any atom is 0.291 e. The van der Waals surface area contributed by atoms with Crippen LogP contribution in [0.25, 0.3) is 0 Å². The third-order valence-electron chi connectivity index (χ3n) is 3.36. The van der Waals surface area contributed by atoms with Crippen LogP contribution in [-0.2, 0) is 0 Å². The monoisotopic (exact) mass is 271 g/mol. The lowest BCUT2D eigenvalue weighted by molar-refractivity contribution is 0.0996. The molecule has 0 saturated heterocycles. The van der Waals surface area contributed by atoms with Crippen molar-refractivity contribution in [3.63, 3.8) is 0 Å². The van der Waals surface area contributed by atoms with Crippen LogP contribution in [0.2, 0.25) is 0 Å². The average molecular weight is 271 g/mol. The molecule has 3 nitrogen and oxygen atoms in total. The molecule has 1 heterocycles. The fourth-order valence-corrected chi connectivity index (χ4v) is 2.28. The molecular formula is C17H21NO2. The van der Waals surface area contributed by atoms with Crippen molar-refractivity contribution in [1.29, 1.82) is 0 Å². The SMILES string of the molecule is CC(C)c1cccc(C(C)C)c1NC(=O)c1ccco1. The Bertz CT molecular complexity index is 557. The van der Waals surface area contributed by atoms with Crippen molar-refractivity contribution in [3.05, 3.63) is 53.5 Å². The van der Waals surface area contributed by atoms with Crippen LogP contribution in [0.4, 0.5) is 5.69 Å². The summed E-state index contributed by atoms with van der Waals surface area (Å²) in [6.45, 7) is 8.51. The quantitative estimate of drug-likeness (QED) is 0.869. The number of hydrogen-bond donors (Lipinski definition) is 1. The summed E-state index contributed by atoms with van der Waals surface area (Å²) in [5, 5.41) is 3.01. The summed E-state index contributed by atoms with van der Waals surface area (Å²) in [6.07, 6.45) is 1.51. The van der Waals surface area contributed by atoms with Crippen molar-refractivity contribution in [2.45, 2.75) is 39.5 Å².